The minimum Gasteiger partial charge on any atom is -0.396 e. The number of aryl methyl sites for hydroxylation is 1. The van der Waals surface area contributed by atoms with Crippen LogP contribution in [0.5, 0.6) is 0 Å². The van der Waals surface area contributed by atoms with Crippen LogP contribution in [0.25, 0.3) is 0 Å². The van der Waals surface area contributed by atoms with Gasteiger partial charge in [-0.2, -0.15) is 0 Å². The second kappa shape index (κ2) is 8.93. The van der Waals surface area contributed by atoms with E-state index in [9.17, 15) is 4.79 Å². The van der Waals surface area contributed by atoms with Crippen molar-refractivity contribution in [2.24, 2.45) is 5.92 Å². The van der Waals surface area contributed by atoms with Crippen molar-refractivity contribution in [3.63, 3.8) is 0 Å². The molecule has 0 aliphatic carbocycles. The average Bonchev–Trinajstić information content (AvgIpc) is 2.44. The van der Waals surface area contributed by atoms with E-state index >= 15 is 0 Å². The van der Waals surface area contributed by atoms with Crippen LogP contribution < -0.4 is 5.32 Å². The number of rotatable bonds is 8. The van der Waals surface area contributed by atoms with Gasteiger partial charge in [0.1, 0.15) is 5.15 Å². The molecule has 0 bridgehead atoms. The number of pyridine rings is 1. The Labute approximate surface area is 125 Å². The summed E-state index contributed by atoms with van der Waals surface area (Å²) in [6.45, 7) is 4.80. The molecule has 0 aliphatic rings. The highest BCUT2D eigenvalue weighted by atomic mass is 35.5. The van der Waals surface area contributed by atoms with E-state index in [0.717, 1.165) is 25.0 Å². The third kappa shape index (κ3) is 5.47. The SMILES string of the molecule is CCCC(CCO)CNC(=O)c1cc(Cl)nc(CC)c1. The van der Waals surface area contributed by atoms with E-state index < -0.39 is 0 Å². The number of aliphatic hydroxyl groups is 1. The highest BCUT2D eigenvalue weighted by molar-refractivity contribution is 6.29. The molecule has 0 saturated carbocycles. The van der Waals surface area contributed by atoms with Gasteiger partial charge in [-0.15, -0.1) is 0 Å². The second-order valence-electron chi connectivity index (χ2n) is 4.90. The Morgan fingerprint density at radius 3 is 2.75 bits per heavy atom. The highest BCUT2D eigenvalue weighted by Gasteiger charge is 2.12. The first-order valence-corrected chi connectivity index (χ1v) is 7.54. The summed E-state index contributed by atoms with van der Waals surface area (Å²) in [6.07, 6.45) is 3.50. The molecule has 1 unspecified atom stereocenters. The Morgan fingerprint density at radius 1 is 1.40 bits per heavy atom. The predicted octanol–water partition coefficient (Wildman–Crippen LogP) is 2.83. The molecule has 112 valence electrons. The summed E-state index contributed by atoms with van der Waals surface area (Å²) in [5, 5.41) is 12.3. The summed E-state index contributed by atoms with van der Waals surface area (Å²) >= 11 is 5.91. The normalized spacial score (nSPS) is 12.2. The number of nitrogens with one attached hydrogen (secondary N) is 1. The van der Waals surface area contributed by atoms with Crippen molar-refractivity contribution >= 4 is 17.5 Å². The van der Waals surface area contributed by atoms with Gasteiger partial charge < -0.3 is 10.4 Å². The van der Waals surface area contributed by atoms with Crippen molar-refractivity contribution in [3.05, 3.63) is 28.5 Å². The number of halogens is 1. The number of aromatic nitrogens is 1. The van der Waals surface area contributed by atoms with Crippen LogP contribution in [-0.2, 0) is 6.42 Å². The molecule has 0 radical (unpaired) electrons. The zero-order valence-electron chi connectivity index (χ0n) is 12.2. The van der Waals surface area contributed by atoms with E-state index in [-0.39, 0.29) is 12.5 Å². The van der Waals surface area contributed by atoms with Gasteiger partial charge in [-0.1, -0.05) is 31.9 Å². The molecule has 20 heavy (non-hydrogen) atoms. The predicted molar refractivity (Wildman–Crippen MR) is 81.1 cm³/mol. The van der Waals surface area contributed by atoms with Crippen LogP contribution >= 0.6 is 11.6 Å². The summed E-state index contributed by atoms with van der Waals surface area (Å²) in [5.74, 6) is 0.181. The molecule has 0 aromatic carbocycles. The number of hydrogen-bond acceptors (Lipinski definition) is 3. The summed E-state index contributed by atoms with van der Waals surface area (Å²) in [6, 6.07) is 3.35. The molecule has 0 spiro atoms. The molecule has 1 atom stereocenters. The van der Waals surface area contributed by atoms with Crippen molar-refractivity contribution in [2.75, 3.05) is 13.2 Å². The third-order valence-electron chi connectivity index (χ3n) is 3.26. The van der Waals surface area contributed by atoms with E-state index in [4.69, 9.17) is 16.7 Å². The standard InChI is InChI=1S/C15H23ClN2O2/c1-3-5-11(6-7-19)10-17-15(20)12-8-13(4-2)18-14(16)9-12/h8-9,11,19H,3-7,10H2,1-2H3,(H,17,20). The fourth-order valence-electron chi connectivity index (χ4n) is 2.14. The van der Waals surface area contributed by atoms with Gasteiger partial charge in [0.25, 0.3) is 5.91 Å². The number of amides is 1. The van der Waals surface area contributed by atoms with Crippen LogP contribution in [0.1, 0.15) is 49.2 Å². The van der Waals surface area contributed by atoms with Crippen molar-refractivity contribution in [1.29, 1.82) is 0 Å². The largest absolute Gasteiger partial charge is 0.396 e. The minimum absolute atomic E-state index is 0.136. The Kier molecular flexibility index (Phi) is 7.55. The molecular weight excluding hydrogens is 276 g/mol. The number of hydrogen-bond donors (Lipinski definition) is 2. The van der Waals surface area contributed by atoms with Gasteiger partial charge in [0.15, 0.2) is 0 Å². The molecule has 1 aromatic heterocycles. The first-order chi connectivity index (χ1) is 9.60. The molecule has 1 heterocycles. The molecule has 1 amide bonds. The second-order valence-corrected chi connectivity index (χ2v) is 5.29. The Bertz CT molecular complexity index is 432. The summed E-state index contributed by atoms with van der Waals surface area (Å²) in [5.41, 5.74) is 1.35. The zero-order chi connectivity index (χ0) is 15.0. The number of carbonyl (C=O) groups is 1. The lowest BCUT2D eigenvalue weighted by atomic mass is 10.00. The van der Waals surface area contributed by atoms with E-state index in [1.54, 1.807) is 12.1 Å². The maximum Gasteiger partial charge on any atom is 0.251 e. The number of nitrogens with zero attached hydrogens (tertiary/aromatic N) is 1. The van der Waals surface area contributed by atoms with Crippen LogP contribution in [0.2, 0.25) is 5.15 Å². The molecule has 1 aromatic rings. The summed E-state index contributed by atoms with van der Waals surface area (Å²) in [7, 11) is 0. The molecule has 0 fully saturated rings. The molecule has 0 aliphatic heterocycles. The fraction of sp³-hybridized carbons (Fsp3) is 0.600. The number of aliphatic hydroxyl groups excluding tert-OH is 1. The van der Waals surface area contributed by atoms with Gasteiger partial charge in [-0.3, -0.25) is 4.79 Å². The molecule has 4 nitrogen and oxygen atoms in total. The third-order valence-corrected chi connectivity index (χ3v) is 3.45. The molecular formula is C15H23ClN2O2. The van der Waals surface area contributed by atoms with Gasteiger partial charge >= 0.3 is 0 Å². The number of carbonyl (C=O) groups excluding carboxylic acids is 1. The molecule has 2 N–H and O–H groups in total. The molecule has 0 saturated heterocycles. The summed E-state index contributed by atoms with van der Waals surface area (Å²) in [4.78, 5) is 16.3. The quantitative estimate of drug-likeness (QED) is 0.726. The maximum atomic E-state index is 12.1. The van der Waals surface area contributed by atoms with E-state index in [1.165, 1.54) is 0 Å². The lowest BCUT2D eigenvalue weighted by molar-refractivity contribution is 0.0942. The molecule has 5 heteroatoms. The van der Waals surface area contributed by atoms with Crippen LogP contribution in [0.15, 0.2) is 12.1 Å². The van der Waals surface area contributed by atoms with Crippen molar-refractivity contribution in [1.82, 2.24) is 10.3 Å². The van der Waals surface area contributed by atoms with Crippen LogP contribution in [0.3, 0.4) is 0 Å². The van der Waals surface area contributed by atoms with Gasteiger partial charge in [-0.05, 0) is 37.3 Å². The maximum absolute atomic E-state index is 12.1. The van der Waals surface area contributed by atoms with Crippen molar-refractivity contribution in [3.8, 4) is 0 Å². The monoisotopic (exact) mass is 298 g/mol. The van der Waals surface area contributed by atoms with Gasteiger partial charge in [0.2, 0.25) is 0 Å². The van der Waals surface area contributed by atoms with E-state index in [1.807, 2.05) is 6.92 Å². The Balaban J connectivity index is 2.63. The lowest BCUT2D eigenvalue weighted by Gasteiger charge is -2.15. The lowest BCUT2D eigenvalue weighted by Crippen LogP contribution is -2.30. The Hall–Kier alpha value is -1.13. The van der Waals surface area contributed by atoms with Gasteiger partial charge in [0, 0.05) is 24.4 Å². The average molecular weight is 299 g/mol. The minimum atomic E-state index is -0.136. The zero-order valence-corrected chi connectivity index (χ0v) is 12.9. The van der Waals surface area contributed by atoms with Crippen LogP contribution in [0, 0.1) is 5.92 Å². The molecule has 1 rings (SSSR count). The smallest absolute Gasteiger partial charge is 0.251 e. The van der Waals surface area contributed by atoms with Crippen LogP contribution in [0.4, 0.5) is 0 Å². The van der Waals surface area contributed by atoms with Gasteiger partial charge in [0.05, 0.1) is 0 Å². The first-order valence-electron chi connectivity index (χ1n) is 7.16. The van der Waals surface area contributed by atoms with Crippen molar-refractivity contribution < 1.29 is 9.90 Å². The van der Waals surface area contributed by atoms with E-state index in [2.05, 4.69) is 17.2 Å². The highest BCUT2D eigenvalue weighted by Crippen LogP contribution is 2.13. The topological polar surface area (TPSA) is 62.2 Å². The van der Waals surface area contributed by atoms with Crippen molar-refractivity contribution in [2.45, 2.75) is 39.5 Å². The Morgan fingerprint density at radius 2 is 2.15 bits per heavy atom. The van der Waals surface area contributed by atoms with Crippen LogP contribution in [-0.4, -0.2) is 29.1 Å². The van der Waals surface area contributed by atoms with Gasteiger partial charge in [-0.25, -0.2) is 4.98 Å². The van der Waals surface area contributed by atoms with E-state index in [0.29, 0.717) is 29.6 Å². The fourth-order valence-corrected chi connectivity index (χ4v) is 2.37. The first kappa shape index (κ1) is 16.9. The summed E-state index contributed by atoms with van der Waals surface area (Å²) < 4.78 is 0.